The summed E-state index contributed by atoms with van der Waals surface area (Å²) in [4.78, 5) is 27.3. The summed E-state index contributed by atoms with van der Waals surface area (Å²) >= 11 is 7.82. The molecule has 4 rings (SSSR count). The number of hydrogen-bond acceptors (Lipinski definition) is 6. The van der Waals surface area contributed by atoms with Crippen molar-refractivity contribution in [3.05, 3.63) is 87.2 Å². The summed E-state index contributed by atoms with van der Waals surface area (Å²) in [5.74, 6) is 1.46. The molecule has 1 aliphatic carbocycles. The number of carbonyl (C=O) groups excluding carboxylic acids is 2. The first-order valence-corrected chi connectivity index (χ1v) is 14.3. The number of thioether (sulfide) groups is 1. The number of nitrogens with one attached hydrogen (secondary N) is 1. The van der Waals surface area contributed by atoms with Crippen molar-refractivity contribution in [1.82, 2.24) is 5.32 Å². The third kappa shape index (κ3) is 6.24. The van der Waals surface area contributed by atoms with Crippen molar-refractivity contribution in [3.8, 4) is 5.75 Å². The van der Waals surface area contributed by atoms with E-state index in [0.29, 0.717) is 47.1 Å². The number of dihydropyridines is 1. The number of allylic oxidation sites excluding steroid dienone is 3. The molecule has 5 nitrogen and oxygen atoms in total. The number of hydrogen-bond donors (Lipinski definition) is 1. The lowest BCUT2D eigenvalue weighted by Crippen LogP contribution is -2.36. The number of ketones is 1. The first-order valence-electron chi connectivity index (χ1n) is 12.8. The summed E-state index contributed by atoms with van der Waals surface area (Å²) in [6.45, 7) is 8.22. The monoisotopic (exact) mass is 539 g/mol. The highest BCUT2D eigenvalue weighted by molar-refractivity contribution is 7.99. The number of rotatable bonds is 9. The van der Waals surface area contributed by atoms with Gasteiger partial charge in [-0.2, -0.15) is 11.8 Å². The fraction of sp³-hybridized carbons (Fsp3) is 0.400. The Kier molecular flexibility index (Phi) is 9.04. The topological polar surface area (TPSA) is 64.6 Å². The Morgan fingerprint density at radius 2 is 1.86 bits per heavy atom. The first-order chi connectivity index (χ1) is 17.8. The molecule has 2 aromatic carbocycles. The van der Waals surface area contributed by atoms with E-state index in [9.17, 15) is 9.59 Å². The van der Waals surface area contributed by atoms with Crippen molar-refractivity contribution >= 4 is 35.1 Å². The zero-order valence-corrected chi connectivity index (χ0v) is 23.4. The van der Waals surface area contributed by atoms with Gasteiger partial charge in [-0.25, -0.2) is 4.79 Å². The van der Waals surface area contributed by atoms with E-state index in [2.05, 4.69) is 12.2 Å². The van der Waals surface area contributed by atoms with Crippen molar-refractivity contribution in [3.63, 3.8) is 0 Å². The molecule has 2 aliphatic rings. The molecule has 1 aliphatic heterocycles. The number of para-hydroxylation sites is 1. The highest BCUT2D eigenvalue weighted by Gasteiger charge is 2.42. The van der Waals surface area contributed by atoms with Crippen molar-refractivity contribution < 1.29 is 19.1 Å². The van der Waals surface area contributed by atoms with Crippen LogP contribution in [0.3, 0.4) is 0 Å². The van der Waals surface area contributed by atoms with Gasteiger partial charge in [-0.1, -0.05) is 48.9 Å². The van der Waals surface area contributed by atoms with Crippen LogP contribution in [0.2, 0.25) is 5.02 Å². The molecular formula is C30H34ClNO4S. The first kappa shape index (κ1) is 27.3. The van der Waals surface area contributed by atoms with Crippen LogP contribution in [-0.4, -0.2) is 36.0 Å². The maximum atomic E-state index is 13.8. The lowest BCUT2D eigenvalue weighted by atomic mass is 9.71. The molecule has 37 heavy (non-hydrogen) atoms. The van der Waals surface area contributed by atoms with Gasteiger partial charge in [0.2, 0.25) is 0 Å². The average molecular weight is 540 g/mol. The molecule has 0 aromatic heterocycles. The molecule has 0 fully saturated rings. The lowest BCUT2D eigenvalue weighted by molar-refractivity contribution is -0.138. The number of halogens is 1. The van der Waals surface area contributed by atoms with Crippen LogP contribution in [0.4, 0.5) is 0 Å². The Morgan fingerprint density at radius 1 is 1.14 bits per heavy atom. The van der Waals surface area contributed by atoms with E-state index in [1.54, 1.807) is 11.8 Å². The van der Waals surface area contributed by atoms with E-state index in [1.807, 2.05) is 69.3 Å². The number of benzene rings is 2. The quantitative estimate of drug-likeness (QED) is 0.280. The van der Waals surface area contributed by atoms with Gasteiger partial charge in [0, 0.05) is 39.7 Å². The smallest absolute Gasteiger partial charge is 0.336 e. The van der Waals surface area contributed by atoms with Crippen LogP contribution in [0, 0.1) is 0 Å². The number of ether oxygens (including phenoxy) is 2. The summed E-state index contributed by atoms with van der Waals surface area (Å²) < 4.78 is 11.8. The molecule has 7 heteroatoms. The molecule has 1 N–H and O–H groups in total. The van der Waals surface area contributed by atoms with E-state index in [-0.39, 0.29) is 17.8 Å². The van der Waals surface area contributed by atoms with Gasteiger partial charge < -0.3 is 14.8 Å². The van der Waals surface area contributed by atoms with Gasteiger partial charge in [-0.05, 0) is 62.6 Å². The molecule has 1 heterocycles. The Morgan fingerprint density at radius 3 is 2.57 bits per heavy atom. The second-order valence-electron chi connectivity index (χ2n) is 9.61. The molecule has 196 valence electrons. The minimum absolute atomic E-state index is 0.0254. The fourth-order valence-corrected chi connectivity index (χ4v) is 5.70. The Bertz CT molecular complexity index is 1220. The Hall–Kier alpha value is -2.70. The van der Waals surface area contributed by atoms with E-state index >= 15 is 0 Å². The molecule has 0 radical (unpaired) electrons. The van der Waals surface area contributed by atoms with Crippen molar-refractivity contribution in [2.75, 3.05) is 18.1 Å². The van der Waals surface area contributed by atoms with Crippen LogP contribution in [0.1, 0.15) is 63.5 Å². The van der Waals surface area contributed by atoms with Gasteiger partial charge in [0.05, 0.1) is 17.6 Å². The summed E-state index contributed by atoms with van der Waals surface area (Å²) in [5.41, 5.74) is 4.55. The molecular weight excluding hydrogens is 506 g/mol. The van der Waals surface area contributed by atoms with Gasteiger partial charge in [0.25, 0.3) is 0 Å². The van der Waals surface area contributed by atoms with Crippen LogP contribution >= 0.6 is 23.4 Å². The Labute approximate surface area is 228 Å². The maximum Gasteiger partial charge on any atom is 0.336 e. The minimum atomic E-state index is -0.559. The molecule has 0 spiro atoms. The van der Waals surface area contributed by atoms with Crippen molar-refractivity contribution in [2.24, 2.45) is 0 Å². The number of esters is 1. The predicted octanol–water partition coefficient (Wildman–Crippen LogP) is 6.79. The van der Waals surface area contributed by atoms with Gasteiger partial charge in [-0.3, -0.25) is 4.79 Å². The summed E-state index contributed by atoms with van der Waals surface area (Å²) in [6, 6.07) is 15.4. The zero-order valence-electron chi connectivity index (χ0n) is 21.8. The highest BCUT2D eigenvalue weighted by atomic mass is 35.5. The van der Waals surface area contributed by atoms with Gasteiger partial charge in [0.15, 0.2) is 5.78 Å². The van der Waals surface area contributed by atoms with Crippen LogP contribution < -0.4 is 10.1 Å². The summed E-state index contributed by atoms with van der Waals surface area (Å²) in [6.07, 6.45) is 0.971. The van der Waals surface area contributed by atoms with Gasteiger partial charge in [-0.15, -0.1) is 0 Å². The third-order valence-electron chi connectivity index (χ3n) is 6.65. The second-order valence-corrected chi connectivity index (χ2v) is 11.4. The van der Waals surface area contributed by atoms with Crippen molar-refractivity contribution in [2.45, 2.75) is 58.5 Å². The van der Waals surface area contributed by atoms with Crippen LogP contribution in [0.5, 0.6) is 5.75 Å². The minimum Gasteiger partial charge on any atom is -0.491 e. The molecule has 2 aromatic rings. The number of Topliss-reactive ketones (excluding diaryl/α,β-unsaturated/α-hetero) is 1. The SMILES string of the molecule is CCSCCOC(=O)C1=C(C)NC2=C(C(=O)C[C@H](c3ccc(Cl)cc3)C2)[C@H]1c1ccccc1OC(C)C. The predicted molar refractivity (Wildman–Crippen MR) is 150 cm³/mol. The van der Waals surface area contributed by atoms with E-state index in [0.717, 1.165) is 28.3 Å². The zero-order chi connectivity index (χ0) is 26.5. The standard InChI is InChI=1S/C30H34ClNO4S/c1-5-37-15-14-35-30(34)27-19(4)32-24-16-21(20-10-12-22(31)13-11-20)17-25(33)29(24)28(27)23-8-6-7-9-26(23)36-18(2)3/h6-13,18,21,28,32H,5,14-17H2,1-4H3/t21-,28+/m1/s1. The van der Waals surface area contributed by atoms with Crippen LogP contribution in [-0.2, 0) is 14.3 Å². The molecule has 0 saturated heterocycles. The third-order valence-corrected chi connectivity index (χ3v) is 7.76. The van der Waals surface area contributed by atoms with Crippen molar-refractivity contribution in [1.29, 1.82) is 0 Å². The Balaban J connectivity index is 1.76. The van der Waals surface area contributed by atoms with Gasteiger partial charge in [0.1, 0.15) is 12.4 Å². The van der Waals surface area contributed by atoms with E-state index < -0.39 is 11.9 Å². The molecule has 2 atom stereocenters. The van der Waals surface area contributed by atoms with Gasteiger partial charge >= 0.3 is 5.97 Å². The molecule has 0 saturated carbocycles. The fourth-order valence-electron chi connectivity index (χ4n) is 5.09. The lowest BCUT2D eigenvalue weighted by Gasteiger charge is -2.37. The summed E-state index contributed by atoms with van der Waals surface area (Å²) in [5, 5.41) is 4.09. The molecule has 0 amide bonds. The van der Waals surface area contributed by atoms with Crippen LogP contribution in [0.25, 0.3) is 0 Å². The largest absolute Gasteiger partial charge is 0.491 e. The molecule has 0 unspecified atom stereocenters. The second kappa shape index (κ2) is 12.2. The van der Waals surface area contributed by atoms with E-state index in [4.69, 9.17) is 21.1 Å². The molecule has 0 bridgehead atoms. The summed E-state index contributed by atoms with van der Waals surface area (Å²) in [7, 11) is 0. The maximum absolute atomic E-state index is 13.8. The normalized spacial score (nSPS) is 19.6. The number of carbonyl (C=O) groups is 2. The highest BCUT2D eigenvalue weighted by Crippen LogP contribution is 2.47. The van der Waals surface area contributed by atoms with Crippen LogP contribution in [0.15, 0.2) is 71.1 Å². The van der Waals surface area contributed by atoms with E-state index in [1.165, 1.54) is 0 Å². The average Bonchev–Trinajstić information content (AvgIpc) is 2.86.